The van der Waals surface area contributed by atoms with Crippen LogP contribution in [0.3, 0.4) is 0 Å². The number of hydrogen-bond donors (Lipinski definition) is 0. The predicted octanol–water partition coefficient (Wildman–Crippen LogP) is 2.79. The molecule has 0 bridgehead atoms. The monoisotopic (exact) mass is 360 g/mol. The molecule has 7 heteroatoms. The van der Waals surface area contributed by atoms with Gasteiger partial charge in [0.05, 0.1) is 12.6 Å². The molecule has 1 aliphatic heterocycles. The molecule has 4 rings (SSSR count). The van der Waals surface area contributed by atoms with Gasteiger partial charge in [0, 0.05) is 37.1 Å². The zero-order chi connectivity index (χ0) is 17.1. The normalized spacial score (nSPS) is 21.8. The van der Waals surface area contributed by atoms with Crippen LogP contribution in [0, 0.1) is 0 Å². The average Bonchev–Trinajstić information content (AvgIpc) is 3.40. The summed E-state index contributed by atoms with van der Waals surface area (Å²) in [4.78, 5) is 6.60. The van der Waals surface area contributed by atoms with E-state index in [9.17, 15) is 0 Å². The average molecular weight is 361 g/mol. The van der Waals surface area contributed by atoms with Crippen LogP contribution < -0.4 is 0 Å². The number of nitrogens with zero attached hydrogens (tertiary/aromatic N) is 6. The zero-order valence-electron chi connectivity index (χ0n) is 15.0. The van der Waals surface area contributed by atoms with Crippen molar-refractivity contribution in [3.8, 4) is 0 Å². The Morgan fingerprint density at radius 3 is 2.68 bits per heavy atom. The molecule has 1 saturated heterocycles. The molecule has 3 heterocycles. The minimum Gasteiger partial charge on any atom is -0.298 e. The summed E-state index contributed by atoms with van der Waals surface area (Å²) in [6.45, 7) is 7.65. The third-order valence-corrected chi connectivity index (χ3v) is 6.62. The lowest BCUT2D eigenvalue weighted by Crippen LogP contribution is -2.50. The Bertz CT molecular complexity index is 640. The number of thiophene rings is 1. The predicted molar refractivity (Wildman–Crippen MR) is 99.7 cm³/mol. The summed E-state index contributed by atoms with van der Waals surface area (Å²) < 4.78 is 1.99. The van der Waals surface area contributed by atoms with Gasteiger partial charge in [0.15, 0.2) is 5.82 Å². The Labute approximate surface area is 153 Å². The Morgan fingerprint density at radius 2 is 2.00 bits per heavy atom. The highest BCUT2D eigenvalue weighted by Crippen LogP contribution is 2.28. The van der Waals surface area contributed by atoms with Crippen molar-refractivity contribution in [1.29, 1.82) is 0 Å². The van der Waals surface area contributed by atoms with Gasteiger partial charge in [-0.15, -0.1) is 16.4 Å². The van der Waals surface area contributed by atoms with Crippen molar-refractivity contribution >= 4 is 11.3 Å². The molecule has 1 unspecified atom stereocenters. The van der Waals surface area contributed by atoms with Gasteiger partial charge in [0.2, 0.25) is 0 Å². The summed E-state index contributed by atoms with van der Waals surface area (Å²) in [5.74, 6) is 1.02. The molecule has 0 amide bonds. The molecule has 1 aliphatic carbocycles. The van der Waals surface area contributed by atoms with Crippen LogP contribution in [0.2, 0.25) is 0 Å². The molecule has 1 atom stereocenters. The number of rotatable bonds is 6. The number of hydrogen-bond acceptors (Lipinski definition) is 6. The molecular weight excluding hydrogens is 332 g/mol. The summed E-state index contributed by atoms with van der Waals surface area (Å²) in [6, 6.07) is 5.40. The second kappa shape index (κ2) is 7.93. The zero-order valence-corrected chi connectivity index (χ0v) is 15.9. The summed E-state index contributed by atoms with van der Waals surface area (Å²) in [7, 11) is 0. The van der Waals surface area contributed by atoms with E-state index in [0.717, 1.165) is 37.9 Å². The van der Waals surface area contributed by atoms with E-state index in [1.807, 2.05) is 4.68 Å². The lowest BCUT2D eigenvalue weighted by atomic mass is 10.1. The Hall–Kier alpha value is -1.31. The quantitative estimate of drug-likeness (QED) is 0.793. The molecule has 2 fully saturated rings. The van der Waals surface area contributed by atoms with E-state index < -0.39 is 0 Å². The van der Waals surface area contributed by atoms with Crippen LogP contribution in [0.4, 0.5) is 0 Å². The van der Waals surface area contributed by atoms with E-state index in [0.29, 0.717) is 6.04 Å². The van der Waals surface area contributed by atoms with Crippen LogP contribution in [0.5, 0.6) is 0 Å². The first-order valence-electron chi connectivity index (χ1n) is 9.61. The summed E-state index contributed by atoms with van der Waals surface area (Å²) >= 11 is 1.76. The van der Waals surface area contributed by atoms with Crippen LogP contribution in [-0.4, -0.2) is 62.2 Å². The maximum Gasteiger partial charge on any atom is 0.168 e. The van der Waals surface area contributed by atoms with Gasteiger partial charge in [-0.25, -0.2) is 4.68 Å². The van der Waals surface area contributed by atoms with Gasteiger partial charge in [-0.05, 0) is 41.1 Å². The molecular formula is C18H28N6S. The third-order valence-electron chi connectivity index (χ3n) is 5.76. The van der Waals surface area contributed by atoms with Crippen LogP contribution in [0.15, 0.2) is 17.5 Å². The molecule has 0 radical (unpaired) electrons. The summed E-state index contributed by atoms with van der Waals surface area (Å²) in [6.07, 6.45) is 6.68. The van der Waals surface area contributed by atoms with E-state index in [1.165, 1.54) is 43.6 Å². The molecule has 6 nitrogen and oxygen atoms in total. The molecule has 1 saturated carbocycles. The Morgan fingerprint density at radius 1 is 1.20 bits per heavy atom. The van der Waals surface area contributed by atoms with E-state index in [1.54, 1.807) is 11.3 Å². The second-order valence-electron chi connectivity index (χ2n) is 7.21. The van der Waals surface area contributed by atoms with Gasteiger partial charge in [0.25, 0.3) is 0 Å². The number of tetrazole rings is 1. The Balaban J connectivity index is 1.42. The minimum absolute atomic E-state index is 0.320. The third kappa shape index (κ3) is 3.78. The van der Waals surface area contributed by atoms with Gasteiger partial charge in [-0.2, -0.15) is 0 Å². The molecule has 2 aromatic heterocycles. The fourth-order valence-corrected chi connectivity index (χ4v) is 5.09. The maximum atomic E-state index is 4.39. The van der Waals surface area contributed by atoms with Crippen LogP contribution in [-0.2, 0) is 6.54 Å². The molecule has 0 spiro atoms. The highest BCUT2D eigenvalue weighted by atomic mass is 32.1. The lowest BCUT2D eigenvalue weighted by molar-refractivity contribution is 0.0646. The molecule has 0 aromatic carbocycles. The largest absolute Gasteiger partial charge is 0.298 e. The summed E-state index contributed by atoms with van der Waals surface area (Å²) in [5.41, 5.74) is 0. The van der Waals surface area contributed by atoms with E-state index in [2.05, 4.69) is 49.8 Å². The fourth-order valence-electron chi connectivity index (χ4n) is 4.40. The van der Waals surface area contributed by atoms with E-state index in [-0.39, 0.29) is 0 Å². The van der Waals surface area contributed by atoms with Crippen molar-refractivity contribution in [2.24, 2.45) is 0 Å². The minimum atomic E-state index is 0.320. The van der Waals surface area contributed by atoms with Crippen molar-refractivity contribution < 1.29 is 0 Å². The molecule has 136 valence electrons. The van der Waals surface area contributed by atoms with Crippen molar-refractivity contribution in [3.63, 3.8) is 0 Å². The van der Waals surface area contributed by atoms with Gasteiger partial charge in [0.1, 0.15) is 0 Å². The SMILES string of the molecule is CCC(c1nnnn1Cc1cccs1)N1CCN(C2CCCC2)CC1. The second-order valence-corrected chi connectivity index (χ2v) is 8.24. The van der Waals surface area contributed by atoms with Crippen molar-refractivity contribution in [2.75, 3.05) is 26.2 Å². The molecule has 2 aromatic rings. The first kappa shape index (κ1) is 17.1. The first-order valence-corrected chi connectivity index (χ1v) is 10.5. The van der Waals surface area contributed by atoms with Crippen LogP contribution in [0.25, 0.3) is 0 Å². The highest BCUT2D eigenvalue weighted by molar-refractivity contribution is 7.09. The Kier molecular flexibility index (Phi) is 5.43. The molecule has 2 aliphatic rings. The van der Waals surface area contributed by atoms with Gasteiger partial charge in [-0.3, -0.25) is 9.80 Å². The van der Waals surface area contributed by atoms with E-state index >= 15 is 0 Å². The van der Waals surface area contributed by atoms with Gasteiger partial charge < -0.3 is 0 Å². The maximum absolute atomic E-state index is 4.39. The van der Waals surface area contributed by atoms with Crippen LogP contribution >= 0.6 is 11.3 Å². The first-order chi connectivity index (χ1) is 12.3. The van der Waals surface area contributed by atoms with Gasteiger partial charge >= 0.3 is 0 Å². The topological polar surface area (TPSA) is 50.1 Å². The van der Waals surface area contributed by atoms with Gasteiger partial charge in [-0.1, -0.05) is 25.8 Å². The smallest absolute Gasteiger partial charge is 0.168 e. The highest BCUT2D eigenvalue weighted by Gasteiger charge is 2.31. The fraction of sp³-hybridized carbons (Fsp3) is 0.722. The number of piperazine rings is 1. The summed E-state index contributed by atoms with van der Waals surface area (Å²) in [5, 5.41) is 14.7. The van der Waals surface area contributed by atoms with E-state index in [4.69, 9.17) is 0 Å². The molecule has 25 heavy (non-hydrogen) atoms. The molecule has 0 N–H and O–H groups in total. The lowest BCUT2D eigenvalue weighted by Gasteiger charge is -2.40. The standard InChI is InChI=1S/C18H28N6S/c1-2-17(18-19-20-21-24(18)14-16-8-5-13-25-16)23-11-9-22(10-12-23)15-6-3-4-7-15/h5,8,13,15,17H,2-4,6-7,9-12,14H2,1H3. The van der Waals surface area contributed by atoms with Crippen molar-refractivity contribution in [2.45, 2.75) is 57.7 Å². The van der Waals surface area contributed by atoms with Crippen LogP contribution in [0.1, 0.15) is 55.8 Å². The number of aromatic nitrogens is 4. The van der Waals surface area contributed by atoms with Crippen molar-refractivity contribution in [3.05, 3.63) is 28.2 Å². The van der Waals surface area contributed by atoms with Crippen molar-refractivity contribution in [1.82, 2.24) is 30.0 Å².